The molecule has 0 bridgehead atoms. The lowest BCUT2D eigenvalue weighted by Gasteiger charge is -2.22. The summed E-state index contributed by atoms with van der Waals surface area (Å²) in [5, 5.41) is 0. The molecule has 0 aliphatic carbocycles. The van der Waals surface area contributed by atoms with Gasteiger partial charge in [-0.15, -0.1) is 0 Å². The minimum atomic E-state index is 0.0586. The summed E-state index contributed by atoms with van der Waals surface area (Å²) < 4.78 is 16.2. The highest BCUT2D eigenvalue weighted by Crippen LogP contribution is 2.23. The van der Waals surface area contributed by atoms with Crippen molar-refractivity contribution in [1.82, 2.24) is 0 Å². The van der Waals surface area contributed by atoms with E-state index in [2.05, 4.69) is 0 Å². The lowest BCUT2D eigenvalue weighted by Crippen LogP contribution is -2.22. The van der Waals surface area contributed by atoms with E-state index in [1.165, 1.54) is 0 Å². The first-order chi connectivity index (χ1) is 9.81. The van der Waals surface area contributed by atoms with Crippen LogP contribution in [-0.2, 0) is 9.47 Å². The van der Waals surface area contributed by atoms with E-state index in [9.17, 15) is 4.79 Å². The van der Waals surface area contributed by atoms with E-state index in [4.69, 9.17) is 14.2 Å². The number of methoxy groups -OCH3 is 1. The Morgan fingerprint density at radius 1 is 1.30 bits per heavy atom. The van der Waals surface area contributed by atoms with E-state index in [0.29, 0.717) is 30.9 Å². The van der Waals surface area contributed by atoms with Crippen LogP contribution in [0.4, 0.5) is 0 Å². The number of ketones is 1. The van der Waals surface area contributed by atoms with E-state index in [-0.39, 0.29) is 11.9 Å². The molecule has 1 aromatic carbocycles. The van der Waals surface area contributed by atoms with E-state index in [0.717, 1.165) is 25.9 Å². The topological polar surface area (TPSA) is 44.8 Å². The Bertz CT molecular complexity index is 424. The zero-order chi connectivity index (χ0) is 14.2. The molecule has 0 spiro atoms. The quantitative estimate of drug-likeness (QED) is 0.568. The maximum atomic E-state index is 12.4. The first kappa shape index (κ1) is 15.0. The van der Waals surface area contributed by atoms with Crippen LogP contribution in [0.1, 0.15) is 36.0 Å². The molecule has 1 saturated heterocycles. The summed E-state index contributed by atoms with van der Waals surface area (Å²) in [6.45, 7) is 1.72. The van der Waals surface area contributed by atoms with Gasteiger partial charge in [0.05, 0.1) is 18.3 Å². The number of rotatable bonds is 7. The van der Waals surface area contributed by atoms with Crippen LogP contribution in [0.5, 0.6) is 5.75 Å². The Balaban J connectivity index is 1.97. The highest BCUT2D eigenvalue weighted by molar-refractivity contribution is 5.98. The van der Waals surface area contributed by atoms with Gasteiger partial charge in [0.1, 0.15) is 12.4 Å². The summed E-state index contributed by atoms with van der Waals surface area (Å²) in [7, 11) is 1.63. The fourth-order valence-electron chi connectivity index (χ4n) is 2.34. The van der Waals surface area contributed by atoms with Crippen LogP contribution in [0.3, 0.4) is 0 Å². The zero-order valence-electron chi connectivity index (χ0n) is 12.0. The number of hydrogen-bond donors (Lipinski definition) is 0. The fourth-order valence-corrected chi connectivity index (χ4v) is 2.34. The molecule has 0 N–H and O–H groups in total. The van der Waals surface area contributed by atoms with Crippen molar-refractivity contribution in [2.24, 2.45) is 0 Å². The van der Waals surface area contributed by atoms with Crippen LogP contribution in [0, 0.1) is 0 Å². The molecular weight excluding hydrogens is 256 g/mol. The van der Waals surface area contributed by atoms with Gasteiger partial charge >= 0.3 is 0 Å². The molecular formula is C16H22O4. The molecule has 1 heterocycles. The number of Topliss-reactive ketones (excluding diaryl/α,β-unsaturated/α-hetero) is 1. The number of carbonyl (C=O) groups excluding carboxylic acids is 1. The molecule has 4 heteroatoms. The summed E-state index contributed by atoms with van der Waals surface area (Å²) in [5.41, 5.74) is 0.637. The number of hydrogen-bond acceptors (Lipinski definition) is 4. The number of ether oxygens (including phenoxy) is 3. The summed E-state index contributed by atoms with van der Waals surface area (Å²) in [5.74, 6) is 0.718. The second-order valence-electron chi connectivity index (χ2n) is 4.95. The minimum Gasteiger partial charge on any atom is -0.490 e. The molecule has 1 atom stereocenters. The standard InChI is InChI=1S/C16H22O4/c1-18-10-11-20-16-8-3-2-7-14(16)15(17)12-13-6-4-5-9-19-13/h2-3,7-8,13H,4-6,9-12H2,1H3. The highest BCUT2D eigenvalue weighted by Gasteiger charge is 2.20. The van der Waals surface area contributed by atoms with Crippen molar-refractivity contribution in [2.45, 2.75) is 31.8 Å². The second kappa shape index (κ2) is 8.02. The van der Waals surface area contributed by atoms with E-state index >= 15 is 0 Å². The smallest absolute Gasteiger partial charge is 0.169 e. The first-order valence-corrected chi connectivity index (χ1v) is 7.17. The summed E-state index contributed by atoms with van der Waals surface area (Å²) in [6.07, 6.45) is 3.71. The van der Waals surface area contributed by atoms with Gasteiger partial charge in [0.25, 0.3) is 0 Å². The summed E-state index contributed by atoms with van der Waals surface area (Å²) in [4.78, 5) is 12.4. The van der Waals surface area contributed by atoms with Crippen LogP contribution in [0.25, 0.3) is 0 Å². The fraction of sp³-hybridized carbons (Fsp3) is 0.562. The molecule has 20 heavy (non-hydrogen) atoms. The van der Waals surface area contributed by atoms with Crippen molar-refractivity contribution in [3.05, 3.63) is 29.8 Å². The van der Waals surface area contributed by atoms with Crippen molar-refractivity contribution >= 4 is 5.78 Å². The van der Waals surface area contributed by atoms with E-state index < -0.39 is 0 Å². The molecule has 2 rings (SSSR count). The maximum absolute atomic E-state index is 12.4. The monoisotopic (exact) mass is 278 g/mol. The predicted molar refractivity (Wildman–Crippen MR) is 76.4 cm³/mol. The second-order valence-corrected chi connectivity index (χ2v) is 4.95. The van der Waals surface area contributed by atoms with Gasteiger partial charge in [-0.2, -0.15) is 0 Å². The molecule has 0 saturated carbocycles. The van der Waals surface area contributed by atoms with E-state index in [1.54, 1.807) is 7.11 Å². The van der Waals surface area contributed by atoms with Gasteiger partial charge in [-0.05, 0) is 31.4 Å². The maximum Gasteiger partial charge on any atom is 0.169 e. The molecule has 0 aromatic heterocycles. The Morgan fingerprint density at radius 2 is 2.15 bits per heavy atom. The molecule has 1 aliphatic heterocycles. The van der Waals surface area contributed by atoms with Gasteiger partial charge in [-0.25, -0.2) is 0 Å². The van der Waals surface area contributed by atoms with Gasteiger partial charge < -0.3 is 14.2 Å². The average molecular weight is 278 g/mol. The van der Waals surface area contributed by atoms with Crippen molar-refractivity contribution in [3.8, 4) is 5.75 Å². The first-order valence-electron chi connectivity index (χ1n) is 7.17. The molecule has 1 aliphatic rings. The highest BCUT2D eigenvalue weighted by atomic mass is 16.5. The third-order valence-electron chi connectivity index (χ3n) is 3.42. The molecule has 0 radical (unpaired) electrons. The van der Waals surface area contributed by atoms with Crippen LogP contribution < -0.4 is 4.74 Å². The van der Waals surface area contributed by atoms with Crippen molar-refractivity contribution in [2.75, 3.05) is 26.9 Å². The predicted octanol–water partition coefficient (Wildman–Crippen LogP) is 2.85. The Labute approximate surface area is 120 Å². The number of para-hydroxylation sites is 1. The molecule has 1 fully saturated rings. The van der Waals surface area contributed by atoms with Gasteiger partial charge in [0.2, 0.25) is 0 Å². The average Bonchev–Trinajstić information content (AvgIpc) is 2.49. The largest absolute Gasteiger partial charge is 0.490 e. The normalized spacial score (nSPS) is 18.8. The van der Waals surface area contributed by atoms with Crippen molar-refractivity contribution in [1.29, 1.82) is 0 Å². The van der Waals surface area contributed by atoms with Crippen LogP contribution in [-0.4, -0.2) is 38.8 Å². The number of carbonyl (C=O) groups is 1. The third kappa shape index (κ3) is 4.32. The summed E-state index contributed by atoms with van der Waals surface area (Å²) in [6, 6.07) is 7.37. The minimum absolute atomic E-state index is 0.0586. The molecule has 1 unspecified atom stereocenters. The van der Waals surface area contributed by atoms with Crippen molar-refractivity contribution < 1.29 is 19.0 Å². The van der Waals surface area contributed by atoms with Gasteiger partial charge in [-0.1, -0.05) is 12.1 Å². The molecule has 4 nitrogen and oxygen atoms in total. The lowest BCUT2D eigenvalue weighted by atomic mass is 9.99. The molecule has 0 amide bonds. The molecule has 1 aromatic rings. The van der Waals surface area contributed by atoms with Gasteiger partial charge in [-0.3, -0.25) is 4.79 Å². The summed E-state index contributed by atoms with van der Waals surface area (Å²) >= 11 is 0. The van der Waals surface area contributed by atoms with Gasteiger partial charge in [0.15, 0.2) is 5.78 Å². The number of benzene rings is 1. The van der Waals surface area contributed by atoms with Crippen LogP contribution in [0.15, 0.2) is 24.3 Å². The zero-order valence-corrected chi connectivity index (χ0v) is 12.0. The molecule has 110 valence electrons. The third-order valence-corrected chi connectivity index (χ3v) is 3.42. The van der Waals surface area contributed by atoms with Crippen LogP contribution in [0.2, 0.25) is 0 Å². The lowest BCUT2D eigenvalue weighted by molar-refractivity contribution is 0.0128. The van der Waals surface area contributed by atoms with Gasteiger partial charge in [0, 0.05) is 20.1 Å². The SMILES string of the molecule is COCCOc1ccccc1C(=O)CC1CCCCO1. The van der Waals surface area contributed by atoms with E-state index in [1.807, 2.05) is 24.3 Å². The Hall–Kier alpha value is -1.39. The van der Waals surface area contributed by atoms with Crippen LogP contribution >= 0.6 is 0 Å². The van der Waals surface area contributed by atoms with Crippen molar-refractivity contribution in [3.63, 3.8) is 0 Å². The Kier molecular flexibility index (Phi) is 6.02. The Morgan fingerprint density at radius 3 is 2.90 bits per heavy atom.